The molecule has 17 heavy (non-hydrogen) atoms. The second-order valence-electron chi connectivity index (χ2n) is 5.18. The van der Waals surface area contributed by atoms with E-state index in [4.69, 9.17) is 0 Å². The summed E-state index contributed by atoms with van der Waals surface area (Å²) in [4.78, 5) is 0. The van der Waals surface area contributed by atoms with E-state index in [1.807, 2.05) is 0 Å². The highest BCUT2D eigenvalue weighted by atomic mass is 32.2. The predicted molar refractivity (Wildman–Crippen MR) is 67.9 cm³/mol. The van der Waals surface area contributed by atoms with Gasteiger partial charge in [0.25, 0.3) is 10.2 Å². The summed E-state index contributed by atoms with van der Waals surface area (Å²) in [5, 5.41) is 3.32. The minimum absolute atomic E-state index is 0.518. The summed E-state index contributed by atoms with van der Waals surface area (Å²) in [5.41, 5.74) is 0. The number of hydrogen-bond acceptors (Lipinski definition) is 3. The van der Waals surface area contributed by atoms with Crippen LogP contribution in [0.4, 0.5) is 0 Å². The molecule has 5 nitrogen and oxygen atoms in total. The maximum absolute atomic E-state index is 12.3. The Morgan fingerprint density at radius 2 is 1.88 bits per heavy atom. The van der Waals surface area contributed by atoms with Crippen LogP contribution in [0.5, 0.6) is 0 Å². The van der Waals surface area contributed by atoms with E-state index >= 15 is 0 Å². The van der Waals surface area contributed by atoms with Gasteiger partial charge >= 0.3 is 0 Å². The third-order valence-electron chi connectivity index (χ3n) is 3.90. The molecule has 0 amide bonds. The Kier molecular flexibility index (Phi) is 4.07. The van der Waals surface area contributed by atoms with Crippen molar-refractivity contribution in [1.29, 1.82) is 0 Å². The summed E-state index contributed by atoms with van der Waals surface area (Å²) in [6, 6.07) is 0. The Bertz CT molecular complexity index is 346. The molecule has 2 heterocycles. The second-order valence-corrected chi connectivity index (χ2v) is 7.21. The number of nitrogens with one attached hydrogen (secondary N) is 1. The predicted octanol–water partition coefficient (Wildman–Crippen LogP) is 0.114. The van der Waals surface area contributed by atoms with Crippen molar-refractivity contribution in [1.82, 2.24) is 13.9 Å². The molecule has 0 unspecified atom stereocenters. The summed E-state index contributed by atoms with van der Waals surface area (Å²) >= 11 is 0. The van der Waals surface area contributed by atoms with Crippen molar-refractivity contribution in [2.75, 3.05) is 39.8 Å². The molecule has 0 aromatic rings. The number of fused-ring (bicyclic) bond motifs is 1. The van der Waals surface area contributed by atoms with Gasteiger partial charge in [0.15, 0.2) is 0 Å². The van der Waals surface area contributed by atoms with Crippen LogP contribution in [0.3, 0.4) is 0 Å². The topological polar surface area (TPSA) is 52.7 Å². The fourth-order valence-corrected chi connectivity index (χ4v) is 4.21. The SMILES string of the molecule is CCCCN(C)S(=O)(=O)N1C[C@H]2CNC[C@H]2C1. The zero-order valence-corrected chi connectivity index (χ0v) is 11.5. The number of nitrogens with zero attached hydrogens (tertiary/aromatic N) is 2. The van der Waals surface area contributed by atoms with Crippen molar-refractivity contribution in [2.45, 2.75) is 19.8 Å². The first-order valence-corrected chi connectivity index (χ1v) is 7.87. The maximum atomic E-state index is 12.3. The minimum atomic E-state index is -3.21. The van der Waals surface area contributed by atoms with Crippen LogP contribution in [0.1, 0.15) is 19.8 Å². The van der Waals surface area contributed by atoms with E-state index in [9.17, 15) is 8.42 Å². The highest BCUT2D eigenvalue weighted by Gasteiger charge is 2.42. The lowest BCUT2D eigenvalue weighted by Crippen LogP contribution is -2.42. The highest BCUT2D eigenvalue weighted by molar-refractivity contribution is 7.86. The average molecular weight is 261 g/mol. The van der Waals surface area contributed by atoms with Gasteiger partial charge in [0, 0.05) is 26.7 Å². The largest absolute Gasteiger partial charge is 0.316 e. The molecule has 0 bridgehead atoms. The van der Waals surface area contributed by atoms with E-state index in [1.54, 1.807) is 11.4 Å². The van der Waals surface area contributed by atoms with Gasteiger partial charge in [-0.2, -0.15) is 17.0 Å². The molecule has 2 aliphatic rings. The quantitative estimate of drug-likeness (QED) is 0.764. The number of hydrogen-bond donors (Lipinski definition) is 1. The molecule has 2 atom stereocenters. The van der Waals surface area contributed by atoms with E-state index in [0.717, 1.165) is 25.9 Å². The molecule has 2 fully saturated rings. The monoisotopic (exact) mass is 261 g/mol. The van der Waals surface area contributed by atoms with Crippen molar-refractivity contribution in [3.63, 3.8) is 0 Å². The van der Waals surface area contributed by atoms with Gasteiger partial charge in [-0.25, -0.2) is 0 Å². The van der Waals surface area contributed by atoms with E-state index in [0.29, 0.717) is 31.5 Å². The van der Waals surface area contributed by atoms with E-state index < -0.39 is 10.2 Å². The van der Waals surface area contributed by atoms with Crippen molar-refractivity contribution in [3.05, 3.63) is 0 Å². The first-order valence-electron chi connectivity index (χ1n) is 6.47. The number of rotatable bonds is 5. The molecule has 2 rings (SSSR count). The minimum Gasteiger partial charge on any atom is -0.316 e. The Morgan fingerprint density at radius 3 is 2.41 bits per heavy atom. The third-order valence-corrected chi connectivity index (χ3v) is 5.82. The lowest BCUT2D eigenvalue weighted by molar-refractivity contribution is 0.377. The first kappa shape index (κ1) is 13.3. The lowest BCUT2D eigenvalue weighted by atomic mass is 10.0. The molecule has 0 spiro atoms. The third kappa shape index (κ3) is 2.65. The van der Waals surface area contributed by atoms with Crippen LogP contribution in [0, 0.1) is 11.8 Å². The lowest BCUT2D eigenvalue weighted by Gasteiger charge is -2.24. The molecule has 2 saturated heterocycles. The van der Waals surface area contributed by atoms with Gasteiger partial charge in [0.05, 0.1) is 0 Å². The molecule has 0 aromatic heterocycles. The molecular weight excluding hydrogens is 238 g/mol. The van der Waals surface area contributed by atoms with E-state index in [1.165, 1.54) is 4.31 Å². The van der Waals surface area contributed by atoms with E-state index in [2.05, 4.69) is 12.2 Å². The molecule has 100 valence electrons. The zero-order chi connectivity index (χ0) is 12.5. The molecular formula is C11H23N3O2S. The van der Waals surface area contributed by atoms with Crippen LogP contribution in [-0.2, 0) is 10.2 Å². The van der Waals surface area contributed by atoms with Gasteiger partial charge in [-0.15, -0.1) is 0 Å². The average Bonchev–Trinajstić information content (AvgIpc) is 2.85. The first-order chi connectivity index (χ1) is 8.05. The summed E-state index contributed by atoms with van der Waals surface area (Å²) in [6.07, 6.45) is 1.95. The van der Waals surface area contributed by atoms with Gasteiger partial charge in [-0.1, -0.05) is 13.3 Å². The Morgan fingerprint density at radius 1 is 1.29 bits per heavy atom. The Hall–Kier alpha value is -0.170. The van der Waals surface area contributed by atoms with Gasteiger partial charge in [0.1, 0.15) is 0 Å². The molecule has 1 N–H and O–H groups in total. The number of unbranched alkanes of at least 4 members (excludes halogenated alkanes) is 1. The van der Waals surface area contributed by atoms with Gasteiger partial charge < -0.3 is 5.32 Å². The highest BCUT2D eigenvalue weighted by Crippen LogP contribution is 2.28. The molecule has 2 aliphatic heterocycles. The summed E-state index contributed by atoms with van der Waals surface area (Å²) < 4.78 is 27.8. The van der Waals surface area contributed by atoms with Crippen molar-refractivity contribution in [3.8, 4) is 0 Å². The Labute approximate surface area is 104 Å². The van der Waals surface area contributed by atoms with Crippen molar-refractivity contribution < 1.29 is 8.42 Å². The summed E-state index contributed by atoms with van der Waals surface area (Å²) in [5.74, 6) is 1.04. The van der Waals surface area contributed by atoms with Crippen LogP contribution < -0.4 is 5.32 Å². The maximum Gasteiger partial charge on any atom is 0.281 e. The van der Waals surface area contributed by atoms with Crippen molar-refractivity contribution >= 4 is 10.2 Å². The van der Waals surface area contributed by atoms with Crippen LogP contribution in [0.15, 0.2) is 0 Å². The molecule has 6 heteroatoms. The molecule has 0 radical (unpaired) electrons. The standard InChI is InChI=1S/C11H23N3O2S/c1-3-4-5-13(2)17(15,16)14-8-10-6-12-7-11(10)9-14/h10-12H,3-9H2,1-2H3/t10-,11+. The Balaban J connectivity index is 1.97. The second kappa shape index (κ2) is 5.22. The molecule has 0 aliphatic carbocycles. The molecule has 0 saturated carbocycles. The fraction of sp³-hybridized carbons (Fsp3) is 1.00. The molecule has 0 aromatic carbocycles. The van der Waals surface area contributed by atoms with Crippen LogP contribution >= 0.6 is 0 Å². The van der Waals surface area contributed by atoms with Crippen LogP contribution in [0.2, 0.25) is 0 Å². The summed E-state index contributed by atoms with van der Waals surface area (Å²) in [6.45, 7) is 6.02. The van der Waals surface area contributed by atoms with Gasteiger partial charge in [0.2, 0.25) is 0 Å². The van der Waals surface area contributed by atoms with Crippen LogP contribution in [0.25, 0.3) is 0 Å². The van der Waals surface area contributed by atoms with Gasteiger partial charge in [-0.05, 0) is 31.3 Å². The summed E-state index contributed by atoms with van der Waals surface area (Å²) in [7, 11) is -1.52. The van der Waals surface area contributed by atoms with E-state index in [-0.39, 0.29) is 0 Å². The van der Waals surface area contributed by atoms with Crippen LogP contribution in [-0.4, -0.2) is 56.8 Å². The zero-order valence-electron chi connectivity index (χ0n) is 10.7. The fourth-order valence-electron chi connectivity index (χ4n) is 2.69. The normalized spacial score (nSPS) is 30.1. The van der Waals surface area contributed by atoms with Crippen molar-refractivity contribution in [2.24, 2.45) is 11.8 Å². The van der Waals surface area contributed by atoms with Gasteiger partial charge in [-0.3, -0.25) is 0 Å². The smallest absolute Gasteiger partial charge is 0.281 e.